The van der Waals surface area contributed by atoms with Crippen LogP contribution in [0.2, 0.25) is 0 Å². The average molecular weight is 385 g/mol. The third-order valence-electron chi connectivity index (χ3n) is 4.82. The normalized spacial score (nSPS) is 17.5. The Balaban J connectivity index is 1.88. The fourth-order valence-corrected chi connectivity index (χ4v) is 2.89. The Kier molecular flexibility index (Phi) is 6.19. The lowest BCUT2D eigenvalue weighted by molar-refractivity contribution is -0.138. The van der Waals surface area contributed by atoms with Crippen molar-refractivity contribution < 1.29 is 22.8 Å². The van der Waals surface area contributed by atoms with Crippen LogP contribution in [0.3, 0.4) is 0 Å². The van der Waals surface area contributed by atoms with Crippen molar-refractivity contribution in [3.8, 4) is 0 Å². The molecule has 1 saturated heterocycles. The molecule has 1 aliphatic heterocycles. The number of halogens is 3. The number of likely N-dealkylation sites (tertiary alicyclic amines) is 1. The molecule has 150 valence electrons. The van der Waals surface area contributed by atoms with E-state index < -0.39 is 23.7 Å². The van der Waals surface area contributed by atoms with Gasteiger partial charge in [0.25, 0.3) is 5.91 Å². The molecule has 27 heavy (non-hydrogen) atoms. The first-order chi connectivity index (χ1) is 12.4. The number of nitrogens with two attached hydrogens (primary N) is 1. The maximum Gasteiger partial charge on any atom is 0.416 e. The lowest BCUT2D eigenvalue weighted by atomic mass is 9.86. The first-order valence-electron chi connectivity index (χ1n) is 8.92. The van der Waals surface area contributed by atoms with Gasteiger partial charge in [-0.3, -0.25) is 9.59 Å². The number of hydrogen-bond acceptors (Lipinski definition) is 3. The first-order valence-corrected chi connectivity index (χ1v) is 8.92. The molecule has 5 nitrogen and oxygen atoms in total. The Morgan fingerprint density at radius 1 is 1.11 bits per heavy atom. The lowest BCUT2D eigenvalue weighted by Crippen LogP contribution is -2.54. The number of hydrogen-bond donors (Lipinski definition) is 2. The van der Waals surface area contributed by atoms with Gasteiger partial charge in [0.1, 0.15) is 0 Å². The van der Waals surface area contributed by atoms with Crippen molar-refractivity contribution >= 4 is 11.8 Å². The molecular formula is C19H26F3N3O2. The minimum atomic E-state index is -4.43. The van der Waals surface area contributed by atoms with E-state index in [0.717, 1.165) is 12.1 Å². The maximum absolute atomic E-state index is 12.6. The van der Waals surface area contributed by atoms with Crippen molar-refractivity contribution in [1.82, 2.24) is 10.2 Å². The van der Waals surface area contributed by atoms with Crippen molar-refractivity contribution in [2.45, 2.75) is 51.9 Å². The van der Waals surface area contributed by atoms with E-state index in [9.17, 15) is 22.8 Å². The summed E-state index contributed by atoms with van der Waals surface area (Å²) in [7, 11) is 0. The zero-order valence-corrected chi connectivity index (χ0v) is 15.8. The number of nitrogens with one attached hydrogen (secondary N) is 1. The Bertz CT molecular complexity index is 673. The Morgan fingerprint density at radius 2 is 1.63 bits per heavy atom. The van der Waals surface area contributed by atoms with Gasteiger partial charge in [0.15, 0.2) is 0 Å². The minimum Gasteiger partial charge on any atom is -0.349 e. The van der Waals surface area contributed by atoms with Crippen LogP contribution in [0, 0.1) is 5.41 Å². The third-order valence-corrected chi connectivity index (χ3v) is 4.82. The van der Waals surface area contributed by atoms with E-state index in [1.54, 1.807) is 4.90 Å². The van der Waals surface area contributed by atoms with E-state index in [-0.39, 0.29) is 22.9 Å². The zero-order valence-electron chi connectivity index (χ0n) is 15.8. The molecule has 1 fully saturated rings. The monoisotopic (exact) mass is 385 g/mol. The highest BCUT2D eigenvalue weighted by Gasteiger charge is 2.33. The number of carbonyl (C=O) groups excluding carboxylic acids is 2. The van der Waals surface area contributed by atoms with Crippen molar-refractivity contribution in [1.29, 1.82) is 0 Å². The topological polar surface area (TPSA) is 75.4 Å². The second-order valence-corrected chi connectivity index (χ2v) is 7.99. The molecular weight excluding hydrogens is 359 g/mol. The molecule has 0 aliphatic carbocycles. The summed E-state index contributed by atoms with van der Waals surface area (Å²) in [5.41, 5.74) is 5.08. The van der Waals surface area contributed by atoms with Crippen LogP contribution in [-0.4, -0.2) is 41.9 Å². The van der Waals surface area contributed by atoms with Crippen LogP contribution in [0.15, 0.2) is 24.3 Å². The number of rotatable bonds is 3. The predicted molar refractivity (Wildman–Crippen MR) is 95.9 cm³/mol. The molecule has 0 aromatic heterocycles. The van der Waals surface area contributed by atoms with E-state index in [1.807, 2.05) is 20.8 Å². The largest absolute Gasteiger partial charge is 0.416 e. The summed E-state index contributed by atoms with van der Waals surface area (Å²) in [6.45, 7) is 6.70. The second-order valence-electron chi connectivity index (χ2n) is 7.99. The van der Waals surface area contributed by atoms with Crippen molar-refractivity contribution in [2.75, 3.05) is 13.1 Å². The number of carbonyl (C=O) groups is 2. The third kappa shape index (κ3) is 5.45. The highest BCUT2D eigenvalue weighted by molar-refractivity contribution is 5.94. The van der Waals surface area contributed by atoms with Gasteiger partial charge in [0, 0.05) is 24.7 Å². The summed E-state index contributed by atoms with van der Waals surface area (Å²) in [5.74, 6) is -0.519. The van der Waals surface area contributed by atoms with Gasteiger partial charge >= 0.3 is 6.18 Å². The van der Waals surface area contributed by atoms with E-state index in [1.165, 1.54) is 12.1 Å². The number of nitrogens with zero attached hydrogens (tertiary/aromatic N) is 1. The quantitative estimate of drug-likeness (QED) is 0.840. The number of amides is 2. The van der Waals surface area contributed by atoms with Crippen LogP contribution in [-0.2, 0) is 11.0 Å². The summed E-state index contributed by atoms with van der Waals surface area (Å²) in [4.78, 5) is 26.4. The number of piperidine rings is 1. The van der Waals surface area contributed by atoms with Crippen molar-refractivity contribution in [2.24, 2.45) is 11.1 Å². The summed E-state index contributed by atoms with van der Waals surface area (Å²) < 4.78 is 37.8. The molecule has 1 unspecified atom stereocenters. The molecule has 8 heteroatoms. The zero-order chi connectivity index (χ0) is 20.4. The Hall–Kier alpha value is -2.09. The molecule has 1 aromatic rings. The van der Waals surface area contributed by atoms with Crippen molar-refractivity contribution in [3.63, 3.8) is 0 Å². The SMILES string of the molecule is CC(C)(C)C(N)C(=O)N1CCC(NC(=O)c2ccc(C(F)(F)F)cc2)CC1. The molecule has 2 amide bonds. The summed E-state index contributed by atoms with van der Waals surface area (Å²) in [6.07, 6.45) is -3.27. The van der Waals surface area contributed by atoms with Crippen LogP contribution in [0.5, 0.6) is 0 Å². The second kappa shape index (κ2) is 7.88. The van der Waals surface area contributed by atoms with Crippen LogP contribution < -0.4 is 11.1 Å². The smallest absolute Gasteiger partial charge is 0.349 e. The average Bonchev–Trinajstić information content (AvgIpc) is 2.59. The Morgan fingerprint density at radius 3 is 2.07 bits per heavy atom. The molecule has 1 atom stereocenters. The standard InChI is InChI=1S/C19H26F3N3O2/c1-18(2,3)15(23)17(27)25-10-8-14(9-11-25)24-16(26)12-4-6-13(7-5-12)19(20,21)22/h4-7,14-15H,8-11,23H2,1-3H3,(H,24,26). The number of benzene rings is 1. The molecule has 0 spiro atoms. The summed E-state index contributed by atoms with van der Waals surface area (Å²) in [5, 5.41) is 2.82. The molecule has 3 N–H and O–H groups in total. The van der Waals surface area contributed by atoms with Gasteiger partial charge in [-0.05, 0) is 42.5 Å². The minimum absolute atomic E-state index is 0.102. The summed E-state index contributed by atoms with van der Waals surface area (Å²) >= 11 is 0. The van der Waals surface area contributed by atoms with Crippen molar-refractivity contribution in [3.05, 3.63) is 35.4 Å². The van der Waals surface area contributed by atoms with Gasteiger partial charge in [-0.2, -0.15) is 13.2 Å². The van der Waals surface area contributed by atoms with Gasteiger partial charge < -0.3 is 16.0 Å². The van der Waals surface area contributed by atoms with Gasteiger partial charge in [0.2, 0.25) is 5.91 Å². The molecule has 0 saturated carbocycles. The maximum atomic E-state index is 12.6. The number of alkyl halides is 3. The van der Waals surface area contributed by atoms with Crippen LogP contribution in [0.25, 0.3) is 0 Å². The van der Waals surface area contributed by atoms with Gasteiger partial charge in [-0.25, -0.2) is 0 Å². The Labute approximate surface area is 157 Å². The highest BCUT2D eigenvalue weighted by Crippen LogP contribution is 2.29. The van der Waals surface area contributed by atoms with Crippen LogP contribution in [0.4, 0.5) is 13.2 Å². The molecule has 1 aromatic carbocycles. The van der Waals surface area contributed by atoms with Gasteiger partial charge in [0.05, 0.1) is 11.6 Å². The van der Waals surface area contributed by atoms with Crippen LogP contribution >= 0.6 is 0 Å². The van der Waals surface area contributed by atoms with E-state index >= 15 is 0 Å². The molecule has 0 bridgehead atoms. The van der Waals surface area contributed by atoms with Gasteiger partial charge in [-0.1, -0.05) is 20.8 Å². The first kappa shape index (κ1) is 21.2. The van der Waals surface area contributed by atoms with E-state index in [2.05, 4.69) is 5.32 Å². The molecule has 1 aliphatic rings. The highest BCUT2D eigenvalue weighted by atomic mass is 19.4. The fourth-order valence-electron chi connectivity index (χ4n) is 2.89. The molecule has 1 heterocycles. The predicted octanol–water partition coefficient (Wildman–Crippen LogP) is 2.80. The summed E-state index contributed by atoms with van der Waals surface area (Å²) in [6, 6.07) is 3.40. The van der Waals surface area contributed by atoms with Crippen LogP contribution in [0.1, 0.15) is 49.5 Å². The molecule has 0 radical (unpaired) electrons. The van der Waals surface area contributed by atoms with Gasteiger partial charge in [-0.15, -0.1) is 0 Å². The van der Waals surface area contributed by atoms with E-state index in [0.29, 0.717) is 25.9 Å². The van der Waals surface area contributed by atoms with E-state index in [4.69, 9.17) is 5.73 Å². The fraction of sp³-hybridized carbons (Fsp3) is 0.579. The molecule has 2 rings (SSSR count). The lowest BCUT2D eigenvalue weighted by Gasteiger charge is -2.36.